The summed E-state index contributed by atoms with van der Waals surface area (Å²) >= 11 is 0. The number of ether oxygens (including phenoxy) is 1. The van der Waals surface area contributed by atoms with Crippen molar-refractivity contribution in [3.63, 3.8) is 0 Å². The normalized spacial score (nSPS) is 11.9. The zero-order valence-corrected chi connectivity index (χ0v) is 12.5. The third kappa shape index (κ3) is 3.40. The molecule has 2 aromatic rings. The number of hydrogen-bond acceptors (Lipinski definition) is 3. The Bertz CT molecular complexity index is 689. The molecule has 110 valence electrons. The van der Waals surface area contributed by atoms with Crippen LogP contribution in [0.5, 0.6) is 5.75 Å². The molecule has 4 nitrogen and oxygen atoms in total. The van der Waals surface area contributed by atoms with Gasteiger partial charge in [0, 0.05) is 18.1 Å². The van der Waals surface area contributed by atoms with Gasteiger partial charge in [0.15, 0.2) is 0 Å². The van der Waals surface area contributed by atoms with Gasteiger partial charge in [-0.1, -0.05) is 44.2 Å². The molecule has 0 unspecified atom stereocenters. The number of fused-ring (bicyclic) bond motifs is 1. The Morgan fingerprint density at radius 2 is 2.00 bits per heavy atom. The summed E-state index contributed by atoms with van der Waals surface area (Å²) in [7, 11) is 1.58. The van der Waals surface area contributed by atoms with E-state index in [2.05, 4.69) is 0 Å². The van der Waals surface area contributed by atoms with Gasteiger partial charge >= 0.3 is 0 Å². The number of allylic oxidation sites excluding steroid dienone is 1. The number of rotatable bonds is 5. The van der Waals surface area contributed by atoms with Crippen LogP contribution < -0.4 is 4.74 Å². The number of hydrogen-bond donors (Lipinski definition) is 0. The lowest BCUT2D eigenvalue weighted by atomic mass is 10.0. The van der Waals surface area contributed by atoms with Gasteiger partial charge in [0.05, 0.1) is 12.0 Å². The molecule has 2 aromatic carbocycles. The van der Waals surface area contributed by atoms with Gasteiger partial charge in [0.25, 0.3) is 0 Å². The molecule has 21 heavy (non-hydrogen) atoms. The first-order chi connectivity index (χ1) is 10.0. The van der Waals surface area contributed by atoms with Gasteiger partial charge in [-0.2, -0.15) is 0 Å². The summed E-state index contributed by atoms with van der Waals surface area (Å²) in [5.74, 6) is 0.874. The van der Waals surface area contributed by atoms with Crippen LogP contribution in [0.1, 0.15) is 25.8 Å². The maximum Gasteiger partial charge on any atom is 0.247 e. The minimum atomic E-state index is -0.304. The number of methoxy groups -OCH3 is 1. The van der Waals surface area contributed by atoms with E-state index >= 15 is 0 Å². The van der Waals surface area contributed by atoms with Gasteiger partial charge in [-0.05, 0) is 22.8 Å². The van der Waals surface area contributed by atoms with E-state index in [1.807, 2.05) is 50.2 Å². The maximum atomic E-state index is 11.3. The first-order valence-electron chi connectivity index (χ1n) is 6.93. The molecule has 0 saturated carbocycles. The fourth-order valence-corrected chi connectivity index (χ4v) is 2.37. The van der Waals surface area contributed by atoms with Crippen molar-refractivity contribution < 1.29 is 9.66 Å². The van der Waals surface area contributed by atoms with Gasteiger partial charge in [-0.15, -0.1) is 0 Å². The largest absolute Gasteiger partial charge is 0.496 e. The predicted molar refractivity (Wildman–Crippen MR) is 84.9 cm³/mol. The highest BCUT2D eigenvalue weighted by Crippen LogP contribution is 2.31. The monoisotopic (exact) mass is 285 g/mol. The minimum Gasteiger partial charge on any atom is -0.496 e. The van der Waals surface area contributed by atoms with Crippen molar-refractivity contribution in [1.29, 1.82) is 0 Å². The predicted octanol–water partition coefficient (Wildman–Crippen LogP) is 4.51. The van der Waals surface area contributed by atoms with Crippen LogP contribution in [-0.4, -0.2) is 12.0 Å². The Hall–Kier alpha value is -2.36. The van der Waals surface area contributed by atoms with E-state index in [0.717, 1.165) is 16.3 Å². The van der Waals surface area contributed by atoms with Crippen molar-refractivity contribution in [3.05, 3.63) is 57.8 Å². The van der Waals surface area contributed by atoms with Crippen LogP contribution in [0.2, 0.25) is 0 Å². The van der Waals surface area contributed by atoms with Crippen LogP contribution in [0.4, 0.5) is 0 Å². The molecule has 0 saturated heterocycles. The van der Waals surface area contributed by atoms with E-state index in [1.54, 1.807) is 13.2 Å². The first-order valence-corrected chi connectivity index (χ1v) is 6.93. The average Bonchev–Trinajstić information content (AvgIpc) is 2.46. The molecule has 0 heterocycles. The molecule has 0 aliphatic rings. The molecular formula is C17H19NO3. The van der Waals surface area contributed by atoms with Gasteiger partial charge in [-0.3, -0.25) is 10.1 Å². The molecule has 0 amide bonds. The maximum absolute atomic E-state index is 11.3. The molecule has 0 aromatic heterocycles. The van der Waals surface area contributed by atoms with Crippen LogP contribution in [0.3, 0.4) is 0 Å². The smallest absolute Gasteiger partial charge is 0.247 e. The van der Waals surface area contributed by atoms with Crippen LogP contribution >= 0.6 is 0 Å². The zero-order chi connectivity index (χ0) is 15.4. The Morgan fingerprint density at radius 1 is 1.29 bits per heavy atom. The van der Waals surface area contributed by atoms with E-state index in [1.165, 1.54) is 0 Å². The summed E-state index contributed by atoms with van der Waals surface area (Å²) in [4.78, 5) is 11.0. The van der Waals surface area contributed by atoms with Crippen molar-refractivity contribution in [1.82, 2.24) is 0 Å². The van der Waals surface area contributed by atoms with Crippen LogP contribution in [-0.2, 0) is 0 Å². The Morgan fingerprint density at radius 3 is 2.62 bits per heavy atom. The van der Waals surface area contributed by atoms with Gasteiger partial charge < -0.3 is 4.74 Å². The fourth-order valence-electron chi connectivity index (χ4n) is 2.37. The highest BCUT2D eigenvalue weighted by molar-refractivity contribution is 5.93. The van der Waals surface area contributed by atoms with Crippen LogP contribution in [0.15, 0.2) is 42.1 Å². The Labute approximate surface area is 124 Å². The summed E-state index contributed by atoms with van der Waals surface area (Å²) in [6.45, 7) is 3.94. The molecule has 0 radical (unpaired) electrons. The van der Waals surface area contributed by atoms with Crippen molar-refractivity contribution in [3.8, 4) is 5.75 Å². The summed E-state index contributed by atoms with van der Waals surface area (Å²) in [5.41, 5.74) is 0.975. The average molecular weight is 285 g/mol. The summed E-state index contributed by atoms with van der Waals surface area (Å²) < 4.78 is 5.37. The number of nitro groups is 1. The molecule has 0 atom stereocenters. The highest BCUT2D eigenvalue weighted by atomic mass is 16.6. The molecule has 0 bridgehead atoms. The van der Waals surface area contributed by atoms with E-state index in [0.29, 0.717) is 12.2 Å². The first kappa shape index (κ1) is 15.0. The molecule has 4 heteroatoms. The third-order valence-electron chi connectivity index (χ3n) is 3.31. The Balaban J connectivity index is 2.65. The number of benzene rings is 2. The minimum absolute atomic E-state index is 0.208. The number of nitrogens with zero attached hydrogens (tertiary/aromatic N) is 1. The van der Waals surface area contributed by atoms with Gasteiger partial charge in [0.2, 0.25) is 5.70 Å². The second-order valence-corrected chi connectivity index (χ2v) is 5.39. The Kier molecular flexibility index (Phi) is 4.58. The van der Waals surface area contributed by atoms with Crippen LogP contribution in [0, 0.1) is 16.0 Å². The van der Waals surface area contributed by atoms with Gasteiger partial charge in [-0.25, -0.2) is 0 Å². The lowest BCUT2D eigenvalue weighted by Gasteiger charge is -2.09. The zero-order valence-electron chi connectivity index (χ0n) is 12.5. The summed E-state index contributed by atoms with van der Waals surface area (Å²) in [6.07, 6.45) is 2.07. The topological polar surface area (TPSA) is 52.4 Å². The fraction of sp³-hybridized carbons (Fsp3) is 0.294. The van der Waals surface area contributed by atoms with Gasteiger partial charge in [0.1, 0.15) is 5.75 Å². The molecule has 0 aliphatic heterocycles. The third-order valence-corrected chi connectivity index (χ3v) is 3.31. The second kappa shape index (κ2) is 6.39. The molecule has 0 N–H and O–H groups in total. The molecular weight excluding hydrogens is 266 g/mol. The lowest BCUT2D eigenvalue weighted by molar-refractivity contribution is -0.427. The molecule has 2 rings (SSSR count). The SMILES string of the molecule is COc1ccc2ccccc2c1C=C(CC(C)C)[N+](=O)[O-]. The standard InChI is InChI=1S/C17H19NO3/c1-12(2)10-14(18(19)20)11-16-15-7-5-4-6-13(15)8-9-17(16)21-3/h4-9,11-12H,10H2,1-3H3. The van der Waals surface area contributed by atoms with Crippen molar-refractivity contribution in [2.75, 3.05) is 7.11 Å². The molecule has 0 spiro atoms. The van der Waals surface area contributed by atoms with Crippen molar-refractivity contribution >= 4 is 16.8 Å². The van der Waals surface area contributed by atoms with E-state index in [4.69, 9.17) is 4.74 Å². The summed E-state index contributed by atoms with van der Waals surface area (Å²) in [6, 6.07) is 11.6. The van der Waals surface area contributed by atoms with E-state index in [-0.39, 0.29) is 16.5 Å². The van der Waals surface area contributed by atoms with Crippen molar-refractivity contribution in [2.45, 2.75) is 20.3 Å². The lowest BCUT2D eigenvalue weighted by Crippen LogP contribution is -2.03. The molecule has 0 fully saturated rings. The van der Waals surface area contributed by atoms with E-state index < -0.39 is 0 Å². The van der Waals surface area contributed by atoms with E-state index in [9.17, 15) is 10.1 Å². The molecule has 0 aliphatic carbocycles. The summed E-state index contributed by atoms with van der Waals surface area (Å²) in [5, 5.41) is 13.3. The van der Waals surface area contributed by atoms with Crippen molar-refractivity contribution in [2.24, 2.45) is 5.92 Å². The highest BCUT2D eigenvalue weighted by Gasteiger charge is 2.16. The van der Waals surface area contributed by atoms with Crippen LogP contribution in [0.25, 0.3) is 16.8 Å². The second-order valence-electron chi connectivity index (χ2n) is 5.39. The quantitative estimate of drug-likeness (QED) is 0.600.